The van der Waals surface area contributed by atoms with Gasteiger partial charge in [0.1, 0.15) is 0 Å². The highest BCUT2D eigenvalue weighted by molar-refractivity contribution is 6.08. The topological polar surface area (TPSA) is 60.2 Å². The SMILES string of the molecule is CC(C)CC(=O)C(F)(F)C(=O)CC(N)c1ccccc1. The van der Waals surface area contributed by atoms with Crippen LogP contribution in [0.1, 0.15) is 38.3 Å². The fourth-order valence-electron chi connectivity index (χ4n) is 1.80. The van der Waals surface area contributed by atoms with Crippen LogP contribution in [0.2, 0.25) is 0 Å². The molecule has 1 aromatic rings. The molecule has 1 atom stereocenters. The van der Waals surface area contributed by atoms with Crippen LogP contribution in [0.3, 0.4) is 0 Å². The van der Waals surface area contributed by atoms with Crippen LogP contribution in [0, 0.1) is 5.92 Å². The zero-order chi connectivity index (χ0) is 15.3. The summed E-state index contributed by atoms with van der Waals surface area (Å²) in [6.45, 7) is 3.29. The molecule has 0 aliphatic carbocycles. The third-order valence-electron chi connectivity index (χ3n) is 2.93. The third kappa shape index (κ3) is 4.20. The lowest BCUT2D eigenvalue weighted by Crippen LogP contribution is -2.40. The number of carbonyl (C=O) groups excluding carboxylic acids is 2. The van der Waals surface area contributed by atoms with Gasteiger partial charge in [0, 0.05) is 18.9 Å². The van der Waals surface area contributed by atoms with E-state index in [1.54, 1.807) is 44.2 Å². The zero-order valence-electron chi connectivity index (χ0n) is 11.6. The Morgan fingerprint density at radius 1 is 1.10 bits per heavy atom. The van der Waals surface area contributed by atoms with Crippen molar-refractivity contribution in [3.8, 4) is 0 Å². The maximum absolute atomic E-state index is 13.7. The van der Waals surface area contributed by atoms with Gasteiger partial charge < -0.3 is 5.73 Å². The van der Waals surface area contributed by atoms with Gasteiger partial charge in [-0.25, -0.2) is 0 Å². The predicted molar refractivity (Wildman–Crippen MR) is 72.4 cm³/mol. The molecule has 0 radical (unpaired) electrons. The zero-order valence-corrected chi connectivity index (χ0v) is 11.6. The number of Topliss-reactive ketones (excluding diaryl/α,β-unsaturated/α-hetero) is 2. The first-order chi connectivity index (χ1) is 9.25. The molecule has 0 saturated carbocycles. The first kappa shape index (κ1) is 16.4. The molecule has 5 heteroatoms. The molecule has 0 bridgehead atoms. The van der Waals surface area contributed by atoms with Crippen molar-refractivity contribution in [2.24, 2.45) is 11.7 Å². The normalized spacial score (nSPS) is 13.3. The Morgan fingerprint density at radius 2 is 1.60 bits per heavy atom. The summed E-state index contributed by atoms with van der Waals surface area (Å²) in [7, 11) is 0. The fourth-order valence-corrected chi connectivity index (χ4v) is 1.80. The molecule has 110 valence electrons. The van der Waals surface area contributed by atoms with E-state index in [1.807, 2.05) is 0 Å². The quantitative estimate of drug-likeness (QED) is 0.783. The lowest BCUT2D eigenvalue weighted by molar-refractivity contribution is -0.157. The van der Waals surface area contributed by atoms with Crippen molar-refractivity contribution in [3.63, 3.8) is 0 Å². The second-order valence-corrected chi connectivity index (χ2v) is 5.24. The Bertz CT molecular complexity index is 472. The average molecular weight is 283 g/mol. The molecule has 0 heterocycles. The molecule has 0 saturated heterocycles. The molecule has 0 aromatic heterocycles. The van der Waals surface area contributed by atoms with Gasteiger partial charge in [0.05, 0.1) is 0 Å². The molecular formula is C15H19F2NO2. The van der Waals surface area contributed by atoms with Gasteiger partial charge >= 0.3 is 5.92 Å². The van der Waals surface area contributed by atoms with Gasteiger partial charge in [-0.15, -0.1) is 0 Å². The average Bonchev–Trinajstić information content (AvgIpc) is 2.38. The maximum atomic E-state index is 13.7. The number of nitrogens with two attached hydrogens (primary N) is 1. The van der Waals surface area contributed by atoms with Crippen molar-refractivity contribution in [3.05, 3.63) is 35.9 Å². The molecule has 20 heavy (non-hydrogen) atoms. The van der Waals surface area contributed by atoms with Crippen LogP contribution in [0.25, 0.3) is 0 Å². The van der Waals surface area contributed by atoms with E-state index in [4.69, 9.17) is 5.73 Å². The van der Waals surface area contributed by atoms with Crippen molar-refractivity contribution in [2.75, 3.05) is 0 Å². The van der Waals surface area contributed by atoms with Crippen LogP contribution in [0.4, 0.5) is 8.78 Å². The van der Waals surface area contributed by atoms with E-state index < -0.39 is 30.0 Å². The van der Waals surface area contributed by atoms with Crippen LogP contribution >= 0.6 is 0 Å². The van der Waals surface area contributed by atoms with Gasteiger partial charge in [-0.05, 0) is 11.5 Å². The number of hydrogen-bond donors (Lipinski definition) is 1. The maximum Gasteiger partial charge on any atom is 0.362 e. The number of halogens is 2. The van der Waals surface area contributed by atoms with E-state index in [1.165, 1.54) is 0 Å². The second kappa shape index (κ2) is 6.70. The molecule has 0 fully saturated rings. The molecule has 1 unspecified atom stereocenters. The fraction of sp³-hybridized carbons (Fsp3) is 0.467. The summed E-state index contributed by atoms with van der Waals surface area (Å²) in [6.07, 6.45) is -0.875. The number of hydrogen-bond acceptors (Lipinski definition) is 3. The van der Waals surface area contributed by atoms with E-state index >= 15 is 0 Å². The summed E-state index contributed by atoms with van der Waals surface area (Å²) in [4.78, 5) is 23.0. The molecule has 2 N–H and O–H groups in total. The van der Waals surface area contributed by atoms with E-state index in [2.05, 4.69) is 0 Å². The second-order valence-electron chi connectivity index (χ2n) is 5.24. The highest BCUT2D eigenvalue weighted by atomic mass is 19.3. The number of ketones is 2. The van der Waals surface area contributed by atoms with Crippen molar-refractivity contribution >= 4 is 11.6 Å². The van der Waals surface area contributed by atoms with Crippen LogP contribution in [0.15, 0.2) is 30.3 Å². The van der Waals surface area contributed by atoms with Gasteiger partial charge in [0.15, 0.2) is 0 Å². The Morgan fingerprint density at radius 3 is 2.10 bits per heavy atom. The largest absolute Gasteiger partial charge is 0.362 e. The van der Waals surface area contributed by atoms with Crippen LogP contribution < -0.4 is 5.73 Å². The Hall–Kier alpha value is -1.62. The summed E-state index contributed by atoms with van der Waals surface area (Å²) in [5.41, 5.74) is 6.32. The predicted octanol–water partition coefficient (Wildman–Crippen LogP) is 2.90. The molecule has 3 nitrogen and oxygen atoms in total. The number of alkyl halides is 2. The lowest BCUT2D eigenvalue weighted by Gasteiger charge is -2.17. The van der Waals surface area contributed by atoms with E-state index in [-0.39, 0.29) is 12.3 Å². The van der Waals surface area contributed by atoms with E-state index in [9.17, 15) is 18.4 Å². The molecule has 0 amide bonds. The van der Waals surface area contributed by atoms with Crippen molar-refractivity contribution in [1.82, 2.24) is 0 Å². The van der Waals surface area contributed by atoms with Gasteiger partial charge in [-0.3, -0.25) is 9.59 Å². The first-order valence-electron chi connectivity index (χ1n) is 6.50. The molecular weight excluding hydrogens is 264 g/mol. The summed E-state index contributed by atoms with van der Waals surface area (Å²) < 4.78 is 27.4. The Balaban J connectivity index is 2.72. The highest BCUT2D eigenvalue weighted by Crippen LogP contribution is 2.25. The van der Waals surface area contributed by atoms with Gasteiger partial charge in [-0.2, -0.15) is 8.78 Å². The summed E-state index contributed by atoms with van der Waals surface area (Å²) in [5, 5.41) is 0. The molecule has 0 aliphatic heterocycles. The van der Waals surface area contributed by atoms with Gasteiger partial charge in [-0.1, -0.05) is 44.2 Å². The molecule has 0 aliphatic rings. The molecule has 1 rings (SSSR count). The minimum absolute atomic E-state index is 0.219. The summed E-state index contributed by atoms with van der Waals surface area (Å²) in [6, 6.07) is 7.67. The summed E-state index contributed by atoms with van der Waals surface area (Å²) >= 11 is 0. The minimum atomic E-state index is -3.95. The Kier molecular flexibility index (Phi) is 5.51. The van der Waals surface area contributed by atoms with Crippen molar-refractivity contribution in [1.29, 1.82) is 0 Å². The number of benzene rings is 1. The Labute approximate surface area is 117 Å². The third-order valence-corrected chi connectivity index (χ3v) is 2.93. The number of rotatable bonds is 7. The standard InChI is InChI=1S/C15H19F2NO2/c1-10(2)8-13(19)15(16,17)14(20)9-12(18)11-6-4-3-5-7-11/h3-7,10,12H,8-9,18H2,1-2H3. The summed E-state index contributed by atoms with van der Waals surface area (Å²) in [5.74, 6) is -6.92. The van der Waals surface area contributed by atoms with Crippen LogP contribution in [0.5, 0.6) is 0 Å². The number of carbonyl (C=O) groups is 2. The van der Waals surface area contributed by atoms with Crippen molar-refractivity contribution < 1.29 is 18.4 Å². The molecule has 0 spiro atoms. The van der Waals surface area contributed by atoms with Gasteiger partial charge in [0.25, 0.3) is 0 Å². The smallest absolute Gasteiger partial charge is 0.324 e. The highest BCUT2D eigenvalue weighted by Gasteiger charge is 2.46. The minimum Gasteiger partial charge on any atom is -0.324 e. The lowest BCUT2D eigenvalue weighted by atomic mass is 9.95. The van der Waals surface area contributed by atoms with Crippen LogP contribution in [-0.2, 0) is 9.59 Å². The molecule has 1 aromatic carbocycles. The first-order valence-corrected chi connectivity index (χ1v) is 6.50. The van der Waals surface area contributed by atoms with Crippen LogP contribution in [-0.4, -0.2) is 17.5 Å². The van der Waals surface area contributed by atoms with E-state index in [0.717, 1.165) is 0 Å². The van der Waals surface area contributed by atoms with Gasteiger partial charge in [0.2, 0.25) is 11.6 Å². The monoisotopic (exact) mass is 283 g/mol. The van der Waals surface area contributed by atoms with Crippen molar-refractivity contribution in [2.45, 2.75) is 38.7 Å². The van der Waals surface area contributed by atoms with E-state index in [0.29, 0.717) is 5.56 Å².